The van der Waals surface area contributed by atoms with Crippen LogP contribution in [0.5, 0.6) is 0 Å². The number of aromatic nitrogens is 1. The van der Waals surface area contributed by atoms with Gasteiger partial charge < -0.3 is 5.32 Å². The molecule has 0 fully saturated rings. The van der Waals surface area contributed by atoms with E-state index in [9.17, 15) is 10.1 Å². The summed E-state index contributed by atoms with van der Waals surface area (Å²) in [5.74, 6) is 0. The van der Waals surface area contributed by atoms with Crippen LogP contribution in [0.4, 0.5) is 10.8 Å². The molecule has 6 nitrogen and oxygen atoms in total. The Balaban J connectivity index is 2.15. The minimum atomic E-state index is -0.438. The van der Waals surface area contributed by atoms with Crippen molar-refractivity contribution < 1.29 is 4.92 Å². The number of rotatable bonds is 4. The second-order valence-corrected chi connectivity index (χ2v) is 4.85. The summed E-state index contributed by atoms with van der Waals surface area (Å²) in [6.07, 6.45) is 0. The highest BCUT2D eigenvalue weighted by Gasteiger charge is 2.13. The standard InChI is InChI=1S/C11H7ClN4O2S/c12-10-9(5-13)19-11(15-10)14-6-7-3-1-2-4-8(7)16(17)18/h1-4H,6H2,(H,14,15). The van der Waals surface area contributed by atoms with Crippen molar-refractivity contribution in [1.82, 2.24) is 4.98 Å². The number of benzene rings is 1. The quantitative estimate of drug-likeness (QED) is 0.690. The van der Waals surface area contributed by atoms with Crippen LogP contribution >= 0.6 is 22.9 Å². The fourth-order valence-electron chi connectivity index (χ4n) is 1.46. The number of hydrogen-bond donors (Lipinski definition) is 1. The highest BCUT2D eigenvalue weighted by Crippen LogP contribution is 2.27. The summed E-state index contributed by atoms with van der Waals surface area (Å²) in [6, 6.07) is 8.34. The molecule has 2 rings (SSSR count). The van der Waals surface area contributed by atoms with Crippen LogP contribution in [0.15, 0.2) is 24.3 Å². The average molecular weight is 295 g/mol. The number of nitro benzene ring substituents is 1. The molecule has 0 aliphatic rings. The van der Waals surface area contributed by atoms with E-state index in [0.717, 1.165) is 11.3 Å². The topological polar surface area (TPSA) is 91.8 Å². The third-order valence-electron chi connectivity index (χ3n) is 2.31. The molecular weight excluding hydrogens is 288 g/mol. The minimum Gasteiger partial charge on any atom is -0.357 e. The van der Waals surface area contributed by atoms with Crippen molar-refractivity contribution in [3.63, 3.8) is 0 Å². The second-order valence-electron chi connectivity index (χ2n) is 3.49. The van der Waals surface area contributed by atoms with Gasteiger partial charge in [0.1, 0.15) is 10.9 Å². The highest BCUT2D eigenvalue weighted by atomic mass is 35.5. The number of nitro groups is 1. The zero-order chi connectivity index (χ0) is 13.8. The Labute approximate surface area is 117 Å². The van der Waals surface area contributed by atoms with Gasteiger partial charge in [0.2, 0.25) is 0 Å². The van der Waals surface area contributed by atoms with Gasteiger partial charge in [-0.3, -0.25) is 10.1 Å². The van der Waals surface area contributed by atoms with Gasteiger partial charge in [-0.2, -0.15) is 5.26 Å². The Bertz CT molecular complexity index is 665. The van der Waals surface area contributed by atoms with E-state index in [4.69, 9.17) is 16.9 Å². The van der Waals surface area contributed by atoms with Crippen molar-refractivity contribution in [2.75, 3.05) is 5.32 Å². The summed E-state index contributed by atoms with van der Waals surface area (Å²) in [4.78, 5) is 14.7. The molecule has 0 spiro atoms. The summed E-state index contributed by atoms with van der Waals surface area (Å²) in [6.45, 7) is 0.242. The molecule has 0 radical (unpaired) electrons. The van der Waals surface area contributed by atoms with Crippen LogP contribution in [0, 0.1) is 21.4 Å². The molecule has 1 heterocycles. The maximum atomic E-state index is 10.8. The third kappa shape index (κ3) is 2.99. The molecule has 8 heteroatoms. The van der Waals surface area contributed by atoms with Crippen molar-refractivity contribution in [3.8, 4) is 6.07 Å². The van der Waals surface area contributed by atoms with Crippen LogP contribution < -0.4 is 5.32 Å². The first-order valence-electron chi connectivity index (χ1n) is 5.14. The lowest BCUT2D eigenvalue weighted by molar-refractivity contribution is -0.385. The Morgan fingerprint density at radius 2 is 2.26 bits per heavy atom. The molecule has 2 aromatic rings. The summed E-state index contributed by atoms with van der Waals surface area (Å²) in [7, 11) is 0. The lowest BCUT2D eigenvalue weighted by Gasteiger charge is -2.03. The van der Waals surface area contributed by atoms with Gasteiger partial charge in [0.25, 0.3) is 5.69 Å². The summed E-state index contributed by atoms with van der Waals surface area (Å²) < 4.78 is 0. The second kappa shape index (κ2) is 5.65. The number of halogens is 1. The maximum Gasteiger partial charge on any atom is 0.274 e. The molecule has 0 saturated carbocycles. The van der Waals surface area contributed by atoms with Gasteiger partial charge in [-0.25, -0.2) is 4.98 Å². The van der Waals surface area contributed by atoms with Gasteiger partial charge in [-0.15, -0.1) is 0 Å². The summed E-state index contributed by atoms with van der Waals surface area (Å²) in [5.41, 5.74) is 0.579. The first kappa shape index (κ1) is 13.3. The maximum absolute atomic E-state index is 10.8. The third-order valence-corrected chi connectivity index (χ3v) is 3.61. The van der Waals surface area contributed by atoms with E-state index in [0.29, 0.717) is 15.6 Å². The average Bonchev–Trinajstić information content (AvgIpc) is 2.77. The van der Waals surface area contributed by atoms with E-state index in [2.05, 4.69) is 10.3 Å². The number of hydrogen-bond acceptors (Lipinski definition) is 6. The van der Waals surface area contributed by atoms with E-state index in [1.807, 2.05) is 6.07 Å². The molecule has 0 aliphatic heterocycles. The number of para-hydroxylation sites is 1. The van der Waals surface area contributed by atoms with Gasteiger partial charge in [0, 0.05) is 18.2 Å². The van der Waals surface area contributed by atoms with Crippen LogP contribution in [0.3, 0.4) is 0 Å². The van der Waals surface area contributed by atoms with Crippen molar-refractivity contribution in [2.24, 2.45) is 0 Å². The molecule has 0 amide bonds. The van der Waals surface area contributed by atoms with Crippen molar-refractivity contribution in [1.29, 1.82) is 5.26 Å². The monoisotopic (exact) mass is 294 g/mol. The summed E-state index contributed by atoms with van der Waals surface area (Å²) in [5, 5.41) is 23.1. The number of anilines is 1. The number of nitrogens with one attached hydrogen (secondary N) is 1. The predicted molar refractivity (Wildman–Crippen MR) is 72.3 cm³/mol. The first-order valence-corrected chi connectivity index (χ1v) is 6.34. The number of nitrogens with zero attached hydrogens (tertiary/aromatic N) is 3. The molecule has 1 N–H and O–H groups in total. The van der Waals surface area contributed by atoms with E-state index in [1.165, 1.54) is 6.07 Å². The predicted octanol–water partition coefficient (Wildman–Crippen LogP) is 3.19. The van der Waals surface area contributed by atoms with Crippen LogP contribution in [0.25, 0.3) is 0 Å². The smallest absolute Gasteiger partial charge is 0.274 e. The number of nitriles is 1. The fraction of sp³-hybridized carbons (Fsp3) is 0.0909. The van der Waals surface area contributed by atoms with Crippen LogP contribution in [-0.4, -0.2) is 9.91 Å². The first-order chi connectivity index (χ1) is 9.11. The Morgan fingerprint density at radius 3 is 2.89 bits per heavy atom. The van der Waals surface area contributed by atoms with Gasteiger partial charge in [-0.05, 0) is 0 Å². The molecule has 0 bridgehead atoms. The number of thiazole rings is 1. The zero-order valence-electron chi connectivity index (χ0n) is 9.46. The van der Waals surface area contributed by atoms with Gasteiger partial charge >= 0.3 is 0 Å². The van der Waals surface area contributed by atoms with Crippen molar-refractivity contribution in [2.45, 2.75) is 6.54 Å². The highest BCUT2D eigenvalue weighted by molar-refractivity contribution is 7.16. The van der Waals surface area contributed by atoms with E-state index in [1.54, 1.807) is 18.2 Å². The Morgan fingerprint density at radius 1 is 1.53 bits per heavy atom. The van der Waals surface area contributed by atoms with E-state index in [-0.39, 0.29) is 17.4 Å². The minimum absolute atomic E-state index is 0.0400. The molecule has 0 unspecified atom stereocenters. The van der Waals surface area contributed by atoms with Crippen LogP contribution in [0.1, 0.15) is 10.4 Å². The molecule has 0 atom stereocenters. The van der Waals surface area contributed by atoms with Crippen LogP contribution in [-0.2, 0) is 6.54 Å². The Kier molecular flexibility index (Phi) is 3.94. The molecule has 0 aliphatic carbocycles. The molecule has 1 aromatic carbocycles. The van der Waals surface area contributed by atoms with Gasteiger partial charge in [0.05, 0.1) is 4.92 Å². The van der Waals surface area contributed by atoms with Gasteiger partial charge in [-0.1, -0.05) is 41.1 Å². The lowest BCUT2D eigenvalue weighted by Crippen LogP contribution is -2.02. The van der Waals surface area contributed by atoms with Crippen molar-refractivity contribution in [3.05, 3.63) is 50.0 Å². The molecule has 0 saturated heterocycles. The fourth-order valence-corrected chi connectivity index (χ4v) is 2.40. The van der Waals surface area contributed by atoms with Crippen LogP contribution in [0.2, 0.25) is 5.15 Å². The summed E-state index contributed by atoms with van der Waals surface area (Å²) >= 11 is 6.84. The molecule has 1 aromatic heterocycles. The van der Waals surface area contributed by atoms with Gasteiger partial charge in [0.15, 0.2) is 10.3 Å². The lowest BCUT2D eigenvalue weighted by atomic mass is 10.2. The Hall–Kier alpha value is -2.17. The normalized spacial score (nSPS) is 9.89. The van der Waals surface area contributed by atoms with E-state index < -0.39 is 4.92 Å². The largest absolute Gasteiger partial charge is 0.357 e. The van der Waals surface area contributed by atoms with E-state index >= 15 is 0 Å². The molecule has 96 valence electrons. The van der Waals surface area contributed by atoms with Crippen molar-refractivity contribution >= 4 is 33.8 Å². The molecular formula is C11H7ClN4O2S. The molecule has 19 heavy (non-hydrogen) atoms. The zero-order valence-corrected chi connectivity index (χ0v) is 11.0. The SMILES string of the molecule is N#Cc1sc(NCc2ccccc2[N+](=O)[O-])nc1Cl.